The number of nitrogens with zero attached hydrogens (tertiary/aromatic N) is 3. The second kappa shape index (κ2) is 5.93. The molecule has 0 unspecified atom stereocenters. The van der Waals surface area contributed by atoms with Gasteiger partial charge in [-0.2, -0.15) is 18.2 Å². The first kappa shape index (κ1) is 17.6. The summed E-state index contributed by atoms with van der Waals surface area (Å²) in [5.74, 6) is -2.87. The number of anilines is 2. The third kappa shape index (κ3) is 3.87. The summed E-state index contributed by atoms with van der Waals surface area (Å²) >= 11 is 0. The zero-order valence-electron chi connectivity index (χ0n) is 12.3. The largest absolute Gasteiger partial charge is 0.573 e. The highest BCUT2D eigenvalue weighted by atomic mass is 19.4. The summed E-state index contributed by atoms with van der Waals surface area (Å²) in [4.78, 5) is 12.3. The Bertz CT molecular complexity index is 935. The quantitative estimate of drug-likeness (QED) is 0.601. The van der Waals surface area contributed by atoms with Gasteiger partial charge in [0.15, 0.2) is 17.1 Å². The number of aromatic amines is 1. The molecule has 0 bridgehead atoms. The van der Waals surface area contributed by atoms with E-state index >= 15 is 0 Å². The summed E-state index contributed by atoms with van der Waals surface area (Å²) in [5, 5.41) is 12.3. The smallest absolute Gasteiger partial charge is 0.491 e. The van der Waals surface area contributed by atoms with Crippen LogP contribution in [0.15, 0.2) is 24.3 Å². The van der Waals surface area contributed by atoms with Gasteiger partial charge in [0.2, 0.25) is 5.82 Å². The molecule has 0 aliphatic rings. The fraction of sp³-hybridized carbons (Fsp3) is 0.154. The molecule has 13 heteroatoms. The van der Waals surface area contributed by atoms with E-state index in [-0.39, 0.29) is 17.2 Å². The van der Waals surface area contributed by atoms with Crippen LogP contribution in [0.1, 0.15) is 5.82 Å². The normalized spacial score (nSPS) is 12.4. The lowest BCUT2D eigenvalue weighted by Crippen LogP contribution is -2.16. The summed E-state index contributed by atoms with van der Waals surface area (Å²) in [7, 11) is 0. The van der Waals surface area contributed by atoms with Crippen molar-refractivity contribution in [1.82, 2.24) is 19.9 Å². The summed E-state index contributed by atoms with van der Waals surface area (Å²) in [6, 6.07) is 4.35. The van der Waals surface area contributed by atoms with Crippen LogP contribution in [-0.2, 0) is 6.18 Å². The molecule has 1 aromatic carbocycles. The van der Waals surface area contributed by atoms with E-state index in [0.29, 0.717) is 0 Å². The lowest BCUT2D eigenvalue weighted by Gasteiger charge is -2.10. The second-order valence-electron chi connectivity index (χ2n) is 4.85. The maximum atomic E-state index is 12.6. The van der Waals surface area contributed by atoms with Gasteiger partial charge in [0.1, 0.15) is 5.75 Å². The van der Waals surface area contributed by atoms with E-state index in [1.807, 2.05) is 4.98 Å². The van der Waals surface area contributed by atoms with Gasteiger partial charge >= 0.3 is 12.5 Å². The number of hydrogen-bond acceptors (Lipinski definition) is 6. The number of alkyl halides is 6. The summed E-state index contributed by atoms with van der Waals surface area (Å²) in [6.45, 7) is 0. The van der Waals surface area contributed by atoms with Crippen LogP contribution in [0.3, 0.4) is 0 Å². The van der Waals surface area contributed by atoms with Crippen LogP contribution in [0.2, 0.25) is 0 Å². The molecule has 7 nitrogen and oxygen atoms in total. The molecule has 3 rings (SSSR count). The molecule has 0 aliphatic carbocycles. The van der Waals surface area contributed by atoms with Gasteiger partial charge in [-0.1, -0.05) is 0 Å². The minimum Gasteiger partial charge on any atom is -0.491 e. The predicted octanol–water partition coefficient (Wildman–Crippen LogP) is 3.72. The maximum absolute atomic E-state index is 12.6. The number of hydrogen-bond donors (Lipinski definition) is 3. The monoisotopic (exact) mass is 379 g/mol. The molecule has 3 N–H and O–H groups in total. The number of imidazole rings is 1. The number of H-pyrrole nitrogens is 1. The fourth-order valence-electron chi connectivity index (χ4n) is 1.92. The van der Waals surface area contributed by atoms with Crippen LogP contribution in [0.5, 0.6) is 11.6 Å². The van der Waals surface area contributed by atoms with E-state index in [1.165, 1.54) is 12.1 Å². The molecule has 0 saturated carbocycles. The fourth-order valence-corrected chi connectivity index (χ4v) is 1.92. The van der Waals surface area contributed by atoms with Crippen LogP contribution in [0, 0.1) is 0 Å². The number of benzene rings is 1. The Kier molecular flexibility index (Phi) is 4.00. The first-order valence-corrected chi connectivity index (χ1v) is 6.68. The zero-order valence-corrected chi connectivity index (χ0v) is 12.3. The van der Waals surface area contributed by atoms with Crippen LogP contribution in [0.25, 0.3) is 11.3 Å². The first-order chi connectivity index (χ1) is 12.0. The number of aromatic hydroxyl groups is 1. The van der Waals surface area contributed by atoms with Crippen molar-refractivity contribution in [2.45, 2.75) is 12.5 Å². The van der Waals surface area contributed by atoms with Gasteiger partial charge in [-0.15, -0.1) is 13.2 Å². The molecule has 3 aromatic rings. The predicted molar refractivity (Wildman–Crippen MR) is 74.8 cm³/mol. The molecule has 0 fully saturated rings. The highest BCUT2D eigenvalue weighted by Gasteiger charge is 2.35. The highest BCUT2D eigenvalue weighted by Crippen LogP contribution is 2.31. The van der Waals surface area contributed by atoms with Crippen LogP contribution in [0.4, 0.5) is 37.8 Å². The number of halogens is 6. The van der Waals surface area contributed by atoms with Crippen molar-refractivity contribution in [3.63, 3.8) is 0 Å². The molecular formula is C13H7F6N5O2. The maximum Gasteiger partial charge on any atom is 0.573 e. The van der Waals surface area contributed by atoms with Crippen molar-refractivity contribution in [2.24, 2.45) is 0 Å². The first-order valence-electron chi connectivity index (χ1n) is 6.68. The number of rotatable bonds is 3. The molecule has 2 aromatic heterocycles. The minimum atomic E-state index is -4.85. The van der Waals surface area contributed by atoms with Crippen molar-refractivity contribution in [3.05, 3.63) is 30.1 Å². The highest BCUT2D eigenvalue weighted by molar-refractivity contribution is 5.72. The third-order valence-electron chi connectivity index (χ3n) is 2.93. The van der Waals surface area contributed by atoms with E-state index in [4.69, 9.17) is 0 Å². The van der Waals surface area contributed by atoms with Gasteiger partial charge < -0.3 is 20.1 Å². The van der Waals surface area contributed by atoms with E-state index in [9.17, 15) is 31.4 Å². The van der Waals surface area contributed by atoms with Gasteiger partial charge in [0.05, 0.1) is 0 Å². The standard InChI is InChI=1S/C13H7F6N5O2/c14-12(15,16)11-23-7-8(24-11)22-10(25)9(21-7)20-5-1-3-6(4-2-5)26-13(17,18)19/h1-4H,(H3,20,21,22,23,24,25). The average Bonchev–Trinajstić information content (AvgIpc) is 2.91. The van der Waals surface area contributed by atoms with E-state index < -0.39 is 35.6 Å². The Labute approximate surface area is 139 Å². The van der Waals surface area contributed by atoms with Gasteiger partial charge in [-0.05, 0) is 24.3 Å². The van der Waals surface area contributed by atoms with Gasteiger partial charge in [0.25, 0.3) is 5.88 Å². The Hall–Kier alpha value is -3.25. The Morgan fingerprint density at radius 2 is 1.62 bits per heavy atom. The van der Waals surface area contributed by atoms with E-state index in [1.54, 1.807) is 0 Å². The summed E-state index contributed by atoms with van der Waals surface area (Å²) in [5.41, 5.74) is -0.612. The van der Waals surface area contributed by atoms with Crippen molar-refractivity contribution in [3.8, 4) is 11.6 Å². The Morgan fingerprint density at radius 3 is 2.19 bits per heavy atom. The molecular weight excluding hydrogens is 372 g/mol. The van der Waals surface area contributed by atoms with Crippen molar-refractivity contribution < 1.29 is 36.2 Å². The molecule has 0 atom stereocenters. The van der Waals surface area contributed by atoms with Crippen LogP contribution in [-0.4, -0.2) is 31.4 Å². The second-order valence-corrected chi connectivity index (χ2v) is 4.85. The summed E-state index contributed by atoms with van der Waals surface area (Å²) in [6.07, 6.45) is -9.60. The molecule has 0 aliphatic heterocycles. The van der Waals surface area contributed by atoms with Gasteiger partial charge in [0, 0.05) is 5.69 Å². The molecule has 0 radical (unpaired) electrons. The van der Waals surface area contributed by atoms with Crippen LogP contribution >= 0.6 is 0 Å². The lowest BCUT2D eigenvalue weighted by molar-refractivity contribution is -0.274. The number of aromatic nitrogens is 4. The molecule has 26 heavy (non-hydrogen) atoms. The summed E-state index contributed by atoms with van der Waals surface area (Å²) < 4.78 is 77.8. The molecule has 0 saturated heterocycles. The number of fused-ring (bicyclic) bond motifs is 1. The molecule has 0 spiro atoms. The molecule has 2 heterocycles. The molecule has 138 valence electrons. The molecule has 0 amide bonds. The SMILES string of the molecule is Oc1nc2[nH]c(C(F)(F)F)nc2nc1Nc1ccc(OC(F)(F)F)cc1. The third-order valence-corrected chi connectivity index (χ3v) is 2.93. The van der Waals surface area contributed by atoms with Crippen molar-refractivity contribution in [1.29, 1.82) is 0 Å². The Balaban J connectivity index is 1.85. The van der Waals surface area contributed by atoms with E-state index in [2.05, 4.69) is 25.0 Å². The lowest BCUT2D eigenvalue weighted by atomic mass is 10.3. The Morgan fingerprint density at radius 1 is 0.962 bits per heavy atom. The van der Waals surface area contributed by atoms with E-state index in [0.717, 1.165) is 12.1 Å². The van der Waals surface area contributed by atoms with Crippen molar-refractivity contribution in [2.75, 3.05) is 5.32 Å². The van der Waals surface area contributed by atoms with Crippen LogP contribution < -0.4 is 10.1 Å². The van der Waals surface area contributed by atoms with Crippen molar-refractivity contribution >= 4 is 22.8 Å². The minimum absolute atomic E-state index is 0.176. The topological polar surface area (TPSA) is 96.0 Å². The number of nitrogens with one attached hydrogen (secondary N) is 2. The zero-order chi connectivity index (χ0) is 19.1. The number of ether oxygens (including phenoxy) is 1. The van der Waals surface area contributed by atoms with Gasteiger partial charge in [-0.3, -0.25) is 0 Å². The van der Waals surface area contributed by atoms with Gasteiger partial charge in [-0.25, -0.2) is 9.97 Å². The average molecular weight is 379 g/mol.